The molecule has 1 saturated heterocycles. The highest BCUT2D eigenvalue weighted by Crippen LogP contribution is 2.28. The van der Waals surface area contributed by atoms with E-state index in [-0.39, 0.29) is 18.5 Å². The highest BCUT2D eigenvalue weighted by atomic mass is 19.4. The Balaban J connectivity index is 2.22. The van der Waals surface area contributed by atoms with Crippen LogP contribution in [-0.2, 0) is 11.0 Å². The quantitative estimate of drug-likeness (QED) is 0.832. The second kappa shape index (κ2) is 5.30. The van der Waals surface area contributed by atoms with Crippen molar-refractivity contribution in [3.63, 3.8) is 0 Å². The van der Waals surface area contributed by atoms with Crippen LogP contribution in [0, 0.1) is 0 Å². The molecule has 2 rings (SSSR count). The van der Waals surface area contributed by atoms with Gasteiger partial charge in [0.15, 0.2) is 0 Å². The predicted molar refractivity (Wildman–Crippen MR) is 62.8 cm³/mol. The third-order valence-electron chi connectivity index (χ3n) is 3.14. The summed E-state index contributed by atoms with van der Waals surface area (Å²) in [4.78, 5) is 27.3. The highest BCUT2D eigenvalue weighted by Gasteiger charge is 2.39. The van der Waals surface area contributed by atoms with Crippen LogP contribution in [0.2, 0.25) is 0 Å². The average molecular weight is 305 g/mol. The van der Waals surface area contributed by atoms with Crippen molar-refractivity contribution in [1.29, 1.82) is 0 Å². The number of primary amides is 1. The van der Waals surface area contributed by atoms with E-state index in [4.69, 9.17) is 5.73 Å². The molecule has 0 radical (unpaired) electrons. The fraction of sp³-hybridized carbons (Fsp3) is 0.417. The second-order valence-electron chi connectivity index (χ2n) is 4.64. The molecule has 1 fully saturated rings. The lowest BCUT2D eigenvalue weighted by molar-refractivity contribution is -0.141. The van der Waals surface area contributed by atoms with Gasteiger partial charge in [0, 0.05) is 12.6 Å². The van der Waals surface area contributed by atoms with Gasteiger partial charge in [-0.1, -0.05) is 0 Å². The number of halogens is 4. The van der Waals surface area contributed by atoms with Crippen LogP contribution >= 0.6 is 0 Å². The summed E-state index contributed by atoms with van der Waals surface area (Å²) in [6, 6.07) is 0.479. The minimum Gasteiger partial charge on any atom is -0.368 e. The Morgan fingerprint density at radius 2 is 2.00 bits per heavy atom. The Bertz CT molecular complexity index is 559. The van der Waals surface area contributed by atoms with Crippen molar-refractivity contribution in [3.8, 4) is 0 Å². The normalized spacial score (nSPS) is 22.4. The van der Waals surface area contributed by atoms with Crippen LogP contribution < -0.4 is 5.73 Å². The van der Waals surface area contributed by atoms with E-state index in [0.717, 1.165) is 17.2 Å². The van der Waals surface area contributed by atoms with Gasteiger partial charge in [-0.2, -0.15) is 13.2 Å². The van der Waals surface area contributed by atoms with Crippen molar-refractivity contribution in [3.05, 3.63) is 29.6 Å². The lowest BCUT2D eigenvalue weighted by Crippen LogP contribution is -2.43. The number of nitrogens with zero attached hydrogens (tertiary/aromatic N) is 2. The molecule has 0 bridgehead atoms. The SMILES string of the molecule is NC(=O)[C@@H]1C[C@@H](F)CN1C(=O)c1ccc(C(F)(F)F)nc1. The molecule has 2 heterocycles. The minimum atomic E-state index is -4.62. The molecular weight excluding hydrogens is 294 g/mol. The number of alkyl halides is 4. The Morgan fingerprint density at radius 1 is 1.33 bits per heavy atom. The van der Waals surface area contributed by atoms with Crippen molar-refractivity contribution >= 4 is 11.8 Å². The van der Waals surface area contributed by atoms with Crippen molar-refractivity contribution in [2.75, 3.05) is 6.54 Å². The first kappa shape index (κ1) is 15.2. The number of likely N-dealkylation sites (tertiary alicyclic amines) is 1. The first-order valence-electron chi connectivity index (χ1n) is 5.97. The van der Waals surface area contributed by atoms with Gasteiger partial charge in [0.05, 0.1) is 12.1 Å². The van der Waals surface area contributed by atoms with Gasteiger partial charge < -0.3 is 10.6 Å². The van der Waals surface area contributed by atoms with E-state index in [1.807, 2.05) is 0 Å². The van der Waals surface area contributed by atoms with Gasteiger partial charge in [0.2, 0.25) is 5.91 Å². The van der Waals surface area contributed by atoms with Crippen molar-refractivity contribution in [2.45, 2.75) is 24.8 Å². The Morgan fingerprint density at radius 3 is 2.48 bits per heavy atom. The zero-order valence-electron chi connectivity index (χ0n) is 10.6. The molecular formula is C12H11F4N3O2. The molecule has 114 valence electrons. The van der Waals surface area contributed by atoms with Crippen LogP contribution in [0.15, 0.2) is 18.3 Å². The number of amides is 2. The van der Waals surface area contributed by atoms with Gasteiger partial charge >= 0.3 is 6.18 Å². The van der Waals surface area contributed by atoms with Gasteiger partial charge in [-0.15, -0.1) is 0 Å². The first-order valence-corrected chi connectivity index (χ1v) is 5.97. The van der Waals surface area contributed by atoms with Gasteiger partial charge in [-0.05, 0) is 12.1 Å². The fourth-order valence-electron chi connectivity index (χ4n) is 2.13. The number of hydrogen-bond donors (Lipinski definition) is 1. The largest absolute Gasteiger partial charge is 0.433 e. The molecule has 1 aromatic rings. The molecule has 2 amide bonds. The van der Waals surface area contributed by atoms with E-state index in [2.05, 4.69) is 4.98 Å². The van der Waals surface area contributed by atoms with Crippen LogP contribution in [0.4, 0.5) is 17.6 Å². The fourth-order valence-corrected chi connectivity index (χ4v) is 2.13. The monoisotopic (exact) mass is 305 g/mol. The van der Waals surface area contributed by atoms with Crippen molar-refractivity contribution < 1.29 is 27.2 Å². The molecule has 1 aromatic heterocycles. The molecule has 0 aliphatic carbocycles. The van der Waals surface area contributed by atoms with Crippen LogP contribution in [0.25, 0.3) is 0 Å². The third-order valence-corrected chi connectivity index (χ3v) is 3.14. The van der Waals surface area contributed by atoms with Crippen LogP contribution in [-0.4, -0.2) is 40.5 Å². The number of nitrogens with two attached hydrogens (primary N) is 1. The lowest BCUT2D eigenvalue weighted by Gasteiger charge is -2.21. The van der Waals surface area contributed by atoms with Gasteiger partial charge in [-0.25, -0.2) is 4.39 Å². The van der Waals surface area contributed by atoms with Crippen molar-refractivity contribution in [1.82, 2.24) is 9.88 Å². The lowest BCUT2D eigenvalue weighted by atomic mass is 10.1. The van der Waals surface area contributed by atoms with Gasteiger partial charge in [-0.3, -0.25) is 14.6 Å². The summed E-state index contributed by atoms with van der Waals surface area (Å²) >= 11 is 0. The zero-order valence-corrected chi connectivity index (χ0v) is 10.6. The average Bonchev–Trinajstić information content (AvgIpc) is 2.79. The number of hydrogen-bond acceptors (Lipinski definition) is 3. The maximum absolute atomic E-state index is 13.3. The predicted octanol–water partition coefficient (Wildman–Crippen LogP) is 1.14. The molecule has 21 heavy (non-hydrogen) atoms. The standard InChI is InChI=1S/C12H11F4N3O2/c13-7-3-8(10(17)20)19(5-7)11(21)6-1-2-9(18-4-6)12(14,15)16/h1-2,4,7-8H,3,5H2,(H2,17,20)/t7-,8+/m1/s1. The summed E-state index contributed by atoms with van der Waals surface area (Å²) in [5.41, 5.74) is 3.78. The molecule has 9 heteroatoms. The van der Waals surface area contributed by atoms with Crippen LogP contribution in [0.3, 0.4) is 0 Å². The smallest absolute Gasteiger partial charge is 0.368 e. The number of pyridine rings is 1. The molecule has 0 spiro atoms. The number of carbonyl (C=O) groups excluding carboxylic acids is 2. The topological polar surface area (TPSA) is 76.3 Å². The van der Waals surface area contributed by atoms with Gasteiger partial charge in [0.25, 0.3) is 5.91 Å². The van der Waals surface area contributed by atoms with Gasteiger partial charge in [0.1, 0.15) is 17.9 Å². The van der Waals surface area contributed by atoms with E-state index in [0.29, 0.717) is 6.07 Å². The number of carbonyl (C=O) groups is 2. The second-order valence-corrected chi connectivity index (χ2v) is 4.64. The Kier molecular flexibility index (Phi) is 3.84. The van der Waals surface area contributed by atoms with E-state index >= 15 is 0 Å². The van der Waals surface area contributed by atoms with E-state index < -0.39 is 35.9 Å². The Hall–Kier alpha value is -2.19. The maximum Gasteiger partial charge on any atom is 0.433 e. The van der Waals surface area contributed by atoms with Crippen LogP contribution in [0.5, 0.6) is 0 Å². The summed E-state index contributed by atoms with van der Waals surface area (Å²) in [7, 11) is 0. The molecule has 5 nitrogen and oxygen atoms in total. The summed E-state index contributed by atoms with van der Waals surface area (Å²) in [5, 5.41) is 0. The van der Waals surface area contributed by atoms with E-state index in [9.17, 15) is 27.2 Å². The first-order chi connectivity index (χ1) is 9.70. The third kappa shape index (κ3) is 3.11. The van der Waals surface area contributed by atoms with E-state index in [1.165, 1.54) is 0 Å². The summed E-state index contributed by atoms with van der Waals surface area (Å²) in [6.07, 6.45) is -5.48. The molecule has 2 N–H and O–H groups in total. The highest BCUT2D eigenvalue weighted by molar-refractivity contribution is 5.97. The molecule has 2 atom stereocenters. The summed E-state index contributed by atoms with van der Waals surface area (Å²) in [5.74, 6) is -1.64. The molecule has 0 aromatic carbocycles. The zero-order chi connectivity index (χ0) is 15.8. The Labute approximate surface area is 116 Å². The van der Waals surface area contributed by atoms with E-state index in [1.54, 1.807) is 0 Å². The summed E-state index contributed by atoms with van der Waals surface area (Å²) < 4.78 is 50.4. The molecule has 1 aliphatic heterocycles. The maximum atomic E-state index is 13.3. The van der Waals surface area contributed by atoms with Crippen molar-refractivity contribution in [2.24, 2.45) is 5.73 Å². The summed E-state index contributed by atoms with van der Waals surface area (Å²) in [6.45, 7) is -0.326. The number of aromatic nitrogens is 1. The van der Waals surface area contributed by atoms with Crippen LogP contribution in [0.1, 0.15) is 22.5 Å². The molecule has 0 unspecified atom stereocenters. The molecule has 1 aliphatic rings. The molecule has 0 saturated carbocycles. The number of rotatable bonds is 2. The minimum absolute atomic E-state index is 0.164.